The first-order valence-electron chi connectivity index (χ1n) is 14.1. The third-order valence-corrected chi connectivity index (χ3v) is 7.45. The lowest BCUT2D eigenvalue weighted by Gasteiger charge is -2.40. The Morgan fingerprint density at radius 3 is 2.20 bits per heavy atom. The van der Waals surface area contributed by atoms with E-state index in [1.165, 1.54) is 19.9 Å². The quantitative estimate of drug-likeness (QED) is 0.111. The van der Waals surface area contributed by atoms with Crippen LogP contribution in [0.4, 0.5) is 0 Å². The fraction of sp³-hybridized carbons (Fsp3) is 0.517. The number of ether oxygens (including phenoxy) is 1. The molecule has 0 aliphatic carbocycles. The molecule has 1 fully saturated rings. The first-order chi connectivity index (χ1) is 21.5. The van der Waals surface area contributed by atoms with E-state index in [1.807, 2.05) is 0 Å². The highest BCUT2D eigenvalue weighted by molar-refractivity contribution is 5.92. The first-order valence-corrected chi connectivity index (χ1v) is 14.1. The highest BCUT2D eigenvalue weighted by Crippen LogP contribution is 2.41. The molecular formula is C29H36N2O15. The summed E-state index contributed by atoms with van der Waals surface area (Å²) in [6.07, 6.45) is -10.3. The zero-order valence-corrected chi connectivity index (χ0v) is 24.8. The lowest BCUT2D eigenvalue weighted by Crippen LogP contribution is -2.55. The van der Waals surface area contributed by atoms with Crippen LogP contribution in [0.5, 0.6) is 5.75 Å². The van der Waals surface area contributed by atoms with Crippen LogP contribution in [-0.2, 0) is 30.3 Å². The second-order valence-electron chi connectivity index (χ2n) is 11.0. The van der Waals surface area contributed by atoms with Gasteiger partial charge in [0.2, 0.25) is 5.91 Å². The summed E-state index contributed by atoms with van der Waals surface area (Å²) >= 11 is 0. The molecule has 17 heteroatoms. The molecule has 7 atom stereocenters. The topological polar surface area (TPSA) is 294 Å². The Morgan fingerprint density at radius 2 is 1.61 bits per heavy atom. The summed E-state index contributed by atoms with van der Waals surface area (Å²) in [4.78, 5) is 64.0. The minimum absolute atomic E-state index is 0.0112. The number of aromatic hydroxyl groups is 1. The molecule has 7 unspecified atom stereocenters. The van der Waals surface area contributed by atoms with Gasteiger partial charge in [-0.1, -0.05) is 0 Å². The summed E-state index contributed by atoms with van der Waals surface area (Å²) < 4.78 is 11.6. The Bertz CT molecular complexity index is 1570. The number of benzene rings is 1. The van der Waals surface area contributed by atoms with Gasteiger partial charge in [-0.25, -0.2) is 4.79 Å². The molecule has 2 heterocycles. The van der Waals surface area contributed by atoms with Gasteiger partial charge >= 0.3 is 17.9 Å². The van der Waals surface area contributed by atoms with Gasteiger partial charge in [0.15, 0.2) is 5.43 Å². The lowest BCUT2D eigenvalue weighted by atomic mass is 9.89. The maximum absolute atomic E-state index is 13.2. The number of nitrogens with zero attached hydrogens (tertiary/aromatic N) is 1. The number of rotatable bonds is 14. The van der Waals surface area contributed by atoms with Crippen molar-refractivity contribution in [3.8, 4) is 5.75 Å². The molecule has 2 aromatic rings. The van der Waals surface area contributed by atoms with Gasteiger partial charge in [0.25, 0.3) is 0 Å². The van der Waals surface area contributed by atoms with E-state index in [2.05, 4.69) is 10.3 Å². The van der Waals surface area contributed by atoms with Crippen molar-refractivity contribution in [1.82, 2.24) is 5.32 Å². The number of aliphatic hydroxyl groups is 4. The predicted molar refractivity (Wildman–Crippen MR) is 156 cm³/mol. The van der Waals surface area contributed by atoms with Crippen molar-refractivity contribution in [2.75, 3.05) is 6.61 Å². The van der Waals surface area contributed by atoms with E-state index < -0.39 is 103 Å². The molecule has 1 amide bonds. The van der Waals surface area contributed by atoms with E-state index in [0.717, 1.165) is 6.07 Å². The summed E-state index contributed by atoms with van der Waals surface area (Å²) in [5.74, 6) is -5.56. The average Bonchev–Trinajstić information content (AvgIpc) is 2.96. The molecule has 3 rings (SSSR count). The predicted octanol–water partition coefficient (Wildman–Crippen LogP) is -1.01. The van der Waals surface area contributed by atoms with E-state index in [9.17, 15) is 54.6 Å². The highest BCUT2D eigenvalue weighted by Gasteiger charge is 2.46. The molecule has 9 N–H and O–H groups in total. The number of carbonyl (C=O) groups excluding carboxylic acids is 1. The Morgan fingerprint density at radius 1 is 0.978 bits per heavy atom. The van der Waals surface area contributed by atoms with Gasteiger partial charge < -0.3 is 55.3 Å². The van der Waals surface area contributed by atoms with E-state index in [4.69, 9.17) is 19.4 Å². The van der Waals surface area contributed by atoms with Gasteiger partial charge in [0, 0.05) is 31.0 Å². The lowest BCUT2D eigenvalue weighted by molar-refractivity contribution is -0.231. The summed E-state index contributed by atoms with van der Waals surface area (Å²) in [6.45, 7) is 2.19. The van der Waals surface area contributed by atoms with Crippen molar-refractivity contribution >= 4 is 40.5 Å². The Hall–Kier alpha value is -4.42. The molecule has 1 aromatic carbocycles. The zero-order valence-electron chi connectivity index (χ0n) is 24.8. The molecule has 0 bridgehead atoms. The minimum atomic E-state index is -1.81. The number of hydrogen-bond acceptors (Lipinski definition) is 13. The number of phenolic OH excluding ortho intramolecular Hbond substituents is 1. The SMILES string of the molecule is C/C(Cc1cc(=O)c2c(C)cc(O)c(C3OC(CO)C(O)C(O)C3O)c2o1)=N\C(CCC(=O)O)C(=O)NC(CCC(=O)O)C(=O)O. The molecular weight excluding hydrogens is 616 g/mol. The maximum atomic E-state index is 13.2. The fourth-order valence-electron chi connectivity index (χ4n) is 5.15. The van der Waals surface area contributed by atoms with Crippen LogP contribution >= 0.6 is 0 Å². The number of aryl methyl sites for hydroxylation is 1. The number of nitrogens with one attached hydrogen (secondary N) is 1. The summed E-state index contributed by atoms with van der Waals surface area (Å²) in [5, 5.41) is 81.2. The Kier molecular flexibility index (Phi) is 11.9. The van der Waals surface area contributed by atoms with Gasteiger partial charge in [-0.15, -0.1) is 0 Å². The number of aliphatic hydroxyl groups excluding tert-OH is 4. The number of phenols is 1. The number of carboxylic acids is 3. The second kappa shape index (κ2) is 15.2. The fourth-order valence-corrected chi connectivity index (χ4v) is 5.15. The molecule has 0 saturated carbocycles. The molecule has 46 heavy (non-hydrogen) atoms. The van der Waals surface area contributed by atoms with Crippen LogP contribution in [0.15, 0.2) is 26.3 Å². The summed E-state index contributed by atoms with van der Waals surface area (Å²) in [7, 11) is 0. The number of hydrogen-bond donors (Lipinski definition) is 9. The van der Waals surface area contributed by atoms with Crippen molar-refractivity contribution in [3.63, 3.8) is 0 Å². The minimum Gasteiger partial charge on any atom is -0.507 e. The number of carboxylic acid groups (broad SMARTS) is 3. The van der Waals surface area contributed by atoms with Gasteiger partial charge in [0.05, 0.1) is 17.6 Å². The van der Waals surface area contributed by atoms with Crippen LogP contribution in [0.25, 0.3) is 11.0 Å². The third-order valence-electron chi connectivity index (χ3n) is 7.45. The van der Waals surface area contributed by atoms with Crippen molar-refractivity contribution in [3.05, 3.63) is 39.2 Å². The molecule has 1 aromatic heterocycles. The van der Waals surface area contributed by atoms with Crippen molar-refractivity contribution in [2.45, 2.75) is 88.6 Å². The third kappa shape index (κ3) is 8.43. The maximum Gasteiger partial charge on any atom is 0.326 e. The normalized spacial score (nSPS) is 23.1. The largest absolute Gasteiger partial charge is 0.507 e. The van der Waals surface area contributed by atoms with Crippen molar-refractivity contribution < 1.29 is 69.2 Å². The number of fused-ring (bicyclic) bond motifs is 1. The van der Waals surface area contributed by atoms with Crippen molar-refractivity contribution in [1.29, 1.82) is 0 Å². The monoisotopic (exact) mass is 652 g/mol. The van der Waals surface area contributed by atoms with Crippen molar-refractivity contribution in [2.24, 2.45) is 4.99 Å². The molecule has 1 aliphatic rings. The van der Waals surface area contributed by atoms with Crippen LogP contribution in [0, 0.1) is 6.92 Å². The highest BCUT2D eigenvalue weighted by atomic mass is 16.5. The van der Waals surface area contributed by atoms with E-state index in [0.29, 0.717) is 0 Å². The summed E-state index contributed by atoms with van der Waals surface area (Å²) in [5.41, 5.74) is -0.648. The second-order valence-corrected chi connectivity index (χ2v) is 11.0. The summed E-state index contributed by atoms with van der Waals surface area (Å²) in [6, 6.07) is -0.663. The van der Waals surface area contributed by atoms with E-state index in [-0.39, 0.29) is 46.4 Å². The first kappa shape index (κ1) is 36.1. The molecule has 0 radical (unpaired) electrons. The molecule has 0 spiro atoms. The number of aliphatic carboxylic acids is 3. The average molecular weight is 653 g/mol. The smallest absolute Gasteiger partial charge is 0.326 e. The van der Waals surface area contributed by atoms with Crippen LogP contribution in [-0.4, -0.2) is 113 Å². The zero-order chi connectivity index (χ0) is 34.5. The van der Waals surface area contributed by atoms with Gasteiger partial charge in [0.1, 0.15) is 59.7 Å². The standard InChI is InChI=1S/C29H36N2O15/c1-11-7-16(33)22(27-25(41)24(40)23(39)18(10-32)46-27)26-21(11)17(34)9-13(45-26)8-12(2)30-14(3-5-19(35)36)28(42)31-15(29(43)44)4-6-20(37)38/h7,9,14-15,18,23-25,27,32-33,39-41H,3-6,8,10H2,1-2H3,(H,31,42)(H,35,36)(H,37,38)(H,43,44)/b30-12+. The van der Waals surface area contributed by atoms with E-state index in [1.54, 1.807) is 0 Å². The van der Waals surface area contributed by atoms with Crippen LogP contribution in [0.2, 0.25) is 0 Å². The van der Waals surface area contributed by atoms with Gasteiger partial charge in [-0.2, -0.15) is 0 Å². The Labute approximate surface area is 260 Å². The molecule has 1 saturated heterocycles. The van der Waals surface area contributed by atoms with Gasteiger partial charge in [-0.3, -0.25) is 24.2 Å². The van der Waals surface area contributed by atoms with Gasteiger partial charge in [-0.05, 0) is 38.3 Å². The van der Waals surface area contributed by atoms with Crippen LogP contribution in [0.1, 0.15) is 55.6 Å². The number of carbonyl (C=O) groups is 4. The Balaban J connectivity index is 2.01. The van der Waals surface area contributed by atoms with Crippen LogP contribution in [0.3, 0.4) is 0 Å². The van der Waals surface area contributed by atoms with Crippen LogP contribution < -0.4 is 10.7 Å². The number of amides is 1. The molecule has 252 valence electrons. The molecule has 17 nitrogen and oxygen atoms in total. The molecule has 1 aliphatic heterocycles. The van der Waals surface area contributed by atoms with E-state index >= 15 is 0 Å². The number of aliphatic imine (C=N–C) groups is 1.